The lowest BCUT2D eigenvalue weighted by Gasteiger charge is -2.19. The first kappa shape index (κ1) is 12.5. The van der Waals surface area contributed by atoms with E-state index in [0.717, 1.165) is 17.1 Å². The van der Waals surface area contributed by atoms with Gasteiger partial charge in [-0.1, -0.05) is 0 Å². The summed E-state index contributed by atoms with van der Waals surface area (Å²) in [6, 6.07) is 0. The average molecular weight is 225 g/mol. The number of aryl methyl sites for hydroxylation is 2. The molecule has 1 amide bonds. The fourth-order valence-electron chi connectivity index (χ4n) is 1.78. The second-order valence-electron chi connectivity index (χ2n) is 3.74. The van der Waals surface area contributed by atoms with E-state index >= 15 is 0 Å². The van der Waals surface area contributed by atoms with Gasteiger partial charge in [-0.25, -0.2) is 0 Å². The Labute approximate surface area is 95.4 Å². The molecule has 0 aliphatic carbocycles. The van der Waals surface area contributed by atoms with E-state index in [0.29, 0.717) is 13.1 Å². The standard InChI is InChI=1S/C10H19N5O/c1-7-8(5-11)10(15(4)13-7)14(3)6-9(16)12-2/h5-6,11H2,1-4H3,(H,12,16). The van der Waals surface area contributed by atoms with Gasteiger partial charge in [0.1, 0.15) is 5.82 Å². The number of likely N-dealkylation sites (N-methyl/N-ethyl adjacent to an activating group) is 2. The maximum Gasteiger partial charge on any atom is 0.239 e. The third-order valence-corrected chi connectivity index (χ3v) is 2.54. The summed E-state index contributed by atoms with van der Waals surface area (Å²) in [7, 11) is 5.32. The van der Waals surface area contributed by atoms with Crippen LogP contribution in [0.5, 0.6) is 0 Å². The van der Waals surface area contributed by atoms with Crippen LogP contribution >= 0.6 is 0 Å². The van der Waals surface area contributed by atoms with Crippen molar-refractivity contribution in [3.63, 3.8) is 0 Å². The molecule has 0 saturated carbocycles. The van der Waals surface area contributed by atoms with Crippen molar-refractivity contribution >= 4 is 11.7 Å². The topological polar surface area (TPSA) is 76.2 Å². The van der Waals surface area contributed by atoms with Crippen LogP contribution in [0, 0.1) is 6.92 Å². The molecule has 3 N–H and O–H groups in total. The molecule has 0 aromatic carbocycles. The monoisotopic (exact) mass is 225 g/mol. The Balaban J connectivity index is 2.98. The highest BCUT2D eigenvalue weighted by Gasteiger charge is 2.16. The van der Waals surface area contributed by atoms with Gasteiger partial charge in [0.15, 0.2) is 0 Å². The van der Waals surface area contributed by atoms with Crippen LogP contribution < -0.4 is 16.0 Å². The van der Waals surface area contributed by atoms with Crippen LogP contribution in [0.4, 0.5) is 5.82 Å². The van der Waals surface area contributed by atoms with E-state index in [4.69, 9.17) is 5.73 Å². The average Bonchev–Trinajstić information content (AvgIpc) is 2.52. The van der Waals surface area contributed by atoms with Crippen molar-refractivity contribution < 1.29 is 4.79 Å². The number of nitrogens with zero attached hydrogens (tertiary/aromatic N) is 3. The van der Waals surface area contributed by atoms with Crippen molar-refractivity contribution in [3.8, 4) is 0 Å². The Morgan fingerprint density at radius 3 is 2.75 bits per heavy atom. The number of nitrogens with two attached hydrogens (primary N) is 1. The van der Waals surface area contributed by atoms with E-state index in [-0.39, 0.29) is 5.91 Å². The van der Waals surface area contributed by atoms with Crippen LogP contribution in [-0.2, 0) is 18.4 Å². The van der Waals surface area contributed by atoms with Crippen LogP contribution in [0.2, 0.25) is 0 Å². The number of aromatic nitrogens is 2. The summed E-state index contributed by atoms with van der Waals surface area (Å²) in [4.78, 5) is 13.1. The molecule has 1 aromatic rings. The van der Waals surface area contributed by atoms with Crippen molar-refractivity contribution in [1.82, 2.24) is 15.1 Å². The summed E-state index contributed by atoms with van der Waals surface area (Å²) in [6.45, 7) is 2.63. The minimum Gasteiger partial charge on any atom is -0.358 e. The van der Waals surface area contributed by atoms with Gasteiger partial charge in [-0.15, -0.1) is 0 Å². The van der Waals surface area contributed by atoms with E-state index in [1.165, 1.54) is 0 Å². The molecule has 0 bridgehead atoms. The van der Waals surface area contributed by atoms with Gasteiger partial charge >= 0.3 is 0 Å². The highest BCUT2D eigenvalue weighted by molar-refractivity contribution is 5.80. The first-order valence-corrected chi connectivity index (χ1v) is 5.15. The molecule has 16 heavy (non-hydrogen) atoms. The lowest BCUT2D eigenvalue weighted by Crippen LogP contribution is -2.34. The zero-order valence-electron chi connectivity index (χ0n) is 10.2. The number of carbonyl (C=O) groups excluding carboxylic acids is 1. The van der Waals surface area contributed by atoms with Crippen LogP contribution in [0.1, 0.15) is 11.3 Å². The number of amides is 1. The Kier molecular flexibility index (Phi) is 3.89. The molecule has 0 unspecified atom stereocenters. The minimum absolute atomic E-state index is 0.0377. The maximum absolute atomic E-state index is 11.3. The highest BCUT2D eigenvalue weighted by Crippen LogP contribution is 2.21. The molecule has 1 rings (SSSR count). The maximum atomic E-state index is 11.3. The third-order valence-electron chi connectivity index (χ3n) is 2.54. The van der Waals surface area contributed by atoms with Crippen LogP contribution in [0.15, 0.2) is 0 Å². The summed E-state index contributed by atoms with van der Waals surface area (Å²) in [6.07, 6.45) is 0. The molecule has 0 aliphatic rings. The normalized spacial score (nSPS) is 10.3. The molecule has 6 heteroatoms. The Bertz CT molecular complexity index is 385. The second-order valence-corrected chi connectivity index (χ2v) is 3.74. The molecule has 0 spiro atoms. The number of nitrogens with one attached hydrogen (secondary N) is 1. The fourth-order valence-corrected chi connectivity index (χ4v) is 1.78. The molecule has 90 valence electrons. The second kappa shape index (κ2) is 4.98. The molecular formula is C10H19N5O. The largest absolute Gasteiger partial charge is 0.358 e. The highest BCUT2D eigenvalue weighted by atomic mass is 16.1. The SMILES string of the molecule is CNC(=O)CN(C)c1c(CN)c(C)nn1C. The Morgan fingerprint density at radius 2 is 2.25 bits per heavy atom. The van der Waals surface area contributed by atoms with Crippen molar-refractivity contribution in [2.45, 2.75) is 13.5 Å². The Morgan fingerprint density at radius 1 is 1.62 bits per heavy atom. The Hall–Kier alpha value is -1.56. The lowest BCUT2D eigenvalue weighted by molar-refractivity contribution is -0.119. The summed E-state index contributed by atoms with van der Waals surface area (Å²) in [5.74, 6) is 0.855. The predicted molar refractivity (Wildman–Crippen MR) is 63.2 cm³/mol. The van der Waals surface area contributed by atoms with Crippen molar-refractivity contribution in [3.05, 3.63) is 11.3 Å². The number of anilines is 1. The van der Waals surface area contributed by atoms with Crippen molar-refractivity contribution in [1.29, 1.82) is 0 Å². The van der Waals surface area contributed by atoms with E-state index in [2.05, 4.69) is 10.4 Å². The summed E-state index contributed by atoms with van der Waals surface area (Å²) < 4.78 is 1.75. The van der Waals surface area contributed by atoms with E-state index in [9.17, 15) is 4.79 Å². The van der Waals surface area contributed by atoms with Gasteiger partial charge in [0.2, 0.25) is 5.91 Å². The molecule has 0 aliphatic heterocycles. The van der Waals surface area contributed by atoms with Gasteiger partial charge in [0, 0.05) is 33.3 Å². The summed E-state index contributed by atoms with van der Waals surface area (Å²) >= 11 is 0. The molecule has 6 nitrogen and oxygen atoms in total. The molecule has 0 saturated heterocycles. The van der Waals surface area contributed by atoms with Crippen molar-refractivity contribution in [2.75, 3.05) is 25.5 Å². The van der Waals surface area contributed by atoms with Crippen LogP contribution in [0.3, 0.4) is 0 Å². The van der Waals surface area contributed by atoms with Crippen LogP contribution in [0.25, 0.3) is 0 Å². The zero-order chi connectivity index (χ0) is 12.3. The van der Waals surface area contributed by atoms with Gasteiger partial charge in [0.05, 0.1) is 12.2 Å². The molecular weight excluding hydrogens is 206 g/mol. The quantitative estimate of drug-likeness (QED) is 0.715. The zero-order valence-corrected chi connectivity index (χ0v) is 10.2. The van der Waals surface area contributed by atoms with E-state index < -0.39 is 0 Å². The number of hydrogen-bond donors (Lipinski definition) is 2. The minimum atomic E-state index is -0.0377. The van der Waals surface area contributed by atoms with Gasteiger partial charge in [-0.2, -0.15) is 5.10 Å². The lowest BCUT2D eigenvalue weighted by atomic mass is 10.2. The number of hydrogen-bond acceptors (Lipinski definition) is 4. The van der Waals surface area contributed by atoms with E-state index in [1.54, 1.807) is 11.7 Å². The first-order chi connectivity index (χ1) is 7.51. The summed E-state index contributed by atoms with van der Waals surface area (Å²) in [5.41, 5.74) is 7.57. The smallest absolute Gasteiger partial charge is 0.239 e. The van der Waals surface area contributed by atoms with Crippen LogP contribution in [-0.4, -0.2) is 36.3 Å². The van der Waals surface area contributed by atoms with Crippen molar-refractivity contribution in [2.24, 2.45) is 12.8 Å². The van der Waals surface area contributed by atoms with Gasteiger partial charge < -0.3 is 16.0 Å². The number of carbonyl (C=O) groups is 1. The number of rotatable bonds is 4. The molecule has 1 heterocycles. The molecule has 0 atom stereocenters. The van der Waals surface area contributed by atoms with Gasteiger partial charge in [0.25, 0.3) is 0 Å². The fraction of sp³-hybridized carbons (Fsp3) is 0.600. The molecule has 0 fully saturated rings. The first-order valence-electron chi connectivity index (χ1n) is 5.15. The third kappa shape index (κ3) is 2.33. The predicted octanol–water partition coefficient (Wildman–Crippen LogP) is -0.631. The summed E-state index contributed by atoms with van der Waals surface area (Å²) in [5, 5.41) is 6.89. The van der Waals surface area contributed by atoms with E-state index in [1.807, 2.05) is 25.9 Å². The molecule has 0 radical (unpaired) electrons. The van der Waals surface area contributed by atoms with Gasteiger partial charge in [-0.3, -0.25) is 9.48 Å². The van der Waals surface area contributed by atoms with Gasteiger partial charge in [-0.05, 0) is 6.92 Å². The molecule has 1 aromatic heterocycles.